The van der Waals surface area contributed by atoms with E-state index < -0.39 is 0 Å². The van der Waals surface area contributed by atoms with Gasteiger partial charge < -0.3 is 10.1 Å². The summed E-state index contributed by atoms with van der Waals surface area (Å²) in [5.41, 5.74) is 2.16. The third-order valence-electron chi connectivity index (χ3n) is 2.42. The van der Waals surface area contributed by atoms with E-state index in [4.69, 9.17) is 4.74 Å². The average Bonchev–Trinajstić information content (AvgIpc) is 2.41. The van der Waals surface area contributed by atoms with Gasteiger partial charge in [-0.05, 0) is 29.8 Å². The van der Waals surface area contributed by atoms with Crippen molar-refractivity contribution in [2.45, 2.75) is 13.1 Å². The maximum atomic E-state index is 5.10. The first kappa shape index (κ1) is 11.5. The van der Waals surface area contributed by atoms with E-state index in [2.05, 4.69) is 15.5 Å². The Morgan fingerprint density at radius 1 is 1.12 bits per heavy atom. The molecule has 0 unspecified atom stereocenters. The Hall–Kier alpha value is -1.94. The van der Waals surface area contributed by atoms with Crippen molar-refractivity contribution in [3.63, 3.8) is 0 Å². The normalized spacial score (nSPS) is 10.2. The lowest BCUT2D eigenvalue weighted by Crippen LogP contribution is -2.13. The molecule has 0 aliphatic carbocycles. The molecule has 2 aromatic rings. The Kier molecular flexibility index (Phi) is 4.05. The number of hydrogen-bond donors (Lipinski definition) is 1. The quantitative estimate of drug-likeness (QED) is 0.849. The third kappa shape index (κ3) is 3.53. The number of methoxy groups -OCH3 is 1. The van der Waals surface area contributed by atoms with Crippen LogP contribution in [0.5, 0.6) is 5.75 Å². The first-order valence-corrected chi connectivity index (χ1v) is 5.49. The first-order chi connectivity index (χ1) is 8.38. The van der Waals surface area contributed by atoms with Gasteiger partial charge in [0.05, 0.1) is 12.8 Å². The lowest BCUT2D eigenvalue weighted by molar-refractivity contribution is 0.414. The summed E-state index contributed by atoms with van der Waals surface area (Å²) in [6, 6.07) is 11.8. The second kappa shape index (κ2) is 5.96. The third-order valence-corrected chi connectivity index (χ3v) is 2.42. The molecule has 4 heteroatoms. The highest BCUT2D eigenvalue weighted by Gasteiger charge is 1.96. The highest BCUT2D eigenvalue weighted by Crippen LogP contribution is 2.10. The lowest BCUT2D eigenvalue weighted by Gasteiger charge is -2.05. The van der Waals surface area contributed by atoms with Gasteiger partial charge in [-0.1, -0.05) is 12.1 Å². The van der Waals surface area contributed by atoms with Crippen LogP contribution in [-0.4, -0.2) is 17.3 Å². The predicted octanol–water partition coefficient (Wildman–Crippen LogP) is 1.77. The fourth-order valence-electron chi connectivity index (χ4n) is 1.51. The lowest BCUT2D eigenvalue weighted by atomic mass is 10.2. The summed E-state index contributed by atoms with van der Waals surface area (Å²) in [7, 11) is 1.67. The maximum absolute atomic E-state index is 5.10. The van der Waals surface area contributed by atoms with E-state index in [1.807, 2.05) is 36.4 Å². The van der Waals surface area contributed by atoms with E-state index in [9.17, 15) is 0 Å². The van der Waals surface area contributed by atoms with Crippen molar-refractivity contribution >= 4 is 0 Å². The van der Waals surface area contributed by atoms with Gasteiger partial charge >= 0.3 is 0 Å². The topological polar surface area (TPSA) is 47.0 Å². The van der Waals surface area contributed by atoms with Crippen molar-refractivity contribution in [3.8, 4) is 5.75 Å². The molecule has 88 valence electrons. The average molecular weight is 229 g/mol. The summed E-state index contributed by atoms with van der Waals surface area (Å²) in [5, 5.41) is 11.1. The van der Waals surface area contributed by atoms with Crippen molar-refractivity contribution in [1.82, 2.24) is 15.5 Å². The van der Waals surface area contributed by atoms with Gasteiger partial charge in [0.2, 0.25) is 0 Å². The van der Waals surface area contributed by atoms with Gasteiger partial charge in [-0.15, -0.1) is 0 Å². The molecular formula is C13H15N3O. The molecule has 0 saturated heterocycles. The van der Waals surface area contributed by atoms with Crippen LogP contribution in [0.3, 0.4) is 0 Å². The van der Waals surface area contributed by atoms with Crippen LogP contribution in [0.15, 0.2) is 42.6 Å². The van der Waals surface area contributed by atoms with Gasteiger partial charge in [0, 0.05) is 19.3 Å². The number of nitrogens with one attached hydrogen (secondary N) is 1. The molecule has 0 aliphatic heterocycles. The minimum atomic E-state index is 0.722. The zero-order valence-corrected chi connectivity index (χ0v) is 9.76. The molecule has 0 atom stereocenters. The Morgan fingerprint density at radius 3 is 2.59 bits per heavy atom. The van der Waals surface area contributed by atoms with Crippen LogP contribution in [0.4, 0.5) is 0 Å². The largest absolute Gasteiger partial charge is 0.497 e. The van der Waals surface area contributed by atoms with Gasteiger partial charge in [0.25, 0.3) is 0 Å². The molecule has 1 aromatic heterocycles. The van der Waals surface area contributed by atoms with Crippen LogP contribution < -0.4 is 10.1 Å². The molecule has 0 spiro atoms. The van der Waals surface area contributed by atoms with Crippen molar-refractivity contribution in [2.75, 3.05) is 7.11 Å². The van der Waals surface area contributed by atoms with Crippen molar-refractivity contribution < 1.29 is 4.74 Å². The zero-order valence-electron chi connectivity index (χ0n) is 9.76. The fraction of sp³-hybridized carbons (Fsp3) is 0.231. The molecule has 17 heavy (non-hydrogen) atoms. The number of hydrogen-bond acceptors (Lipinski definition) is 4. The zero-order chi connectivity index (χ0) is 11.9. The minimum absolute atomic E-state index is 0.722. The maximum Gasteiger partial charge on any atom is 0.118 e. The molecule has 0 saturated carbocycles. The molecule has 0 radical (unpaired) electrons. The van der Waals surface area contributed by atoms with Crippen molar-refractivity contribution in [2.24, 2.45) is 0 Å². The van der Waals surface area contributed by atoms with Gasteiger partial charge in [-0.2, -0.15) is 10.2 Å². The molecular weight excluding hydrogens is 214 g/mol. The number of nitrogens with zero attached hydrogens (tertiary/aromatic N) is 2. The van der Waals surface area contributed by atoms with E-state index in [1.165, 1.54) is 5.56 Å². The smallest absolute Gasteiger partial charge is 0.118 e. The van der Waals surface area contributed by atoms with E-state index in [0.29, 0.717) is 0 Å². The van der Waals surface area contributed by atoms with Gasteiger partial charge in [0.15, 0.2) is 0 Å². The number of aromatic nitrogens is 2. The van der Waals surface area contributed by atoms with Crippen LogP contribution in [0.1, 0.15) is 11.3 Å². The number of rotatable bonds is 5. The summed E-state index contributed by atoms with van der Waals surface area (Å²) < 4.78 is 5.10. The molecule has 0 bridgehead atoms. The number of benzene rings is 1. The van der Waals surface area contributed by atoms with Crippen LogP contribution in [-0.2, 0) is 13.1 Å². The van der Waals surface area contributed by atoms with E-state index >= 15 is 0 Å². The summed E-state index contributed by atoms with van der Waals surface area (Å²) >= 11 is 0. The summed E-state index contributed by atoms with van der Waals surface area (Å²) in [5.74, 6) is 0.877. The van der Waals surface area contributed by atoms with Gasteiger partial charge in [-0.3, -0.25) is 0 Å². The van der Waals surface area contributed by atoms with E-state index in [1.54, 1.807) is 13.3 Å². The number of ether oxygens (including phenoxy) is 1. The van der Waals surface area contributed by atoms with Gasteiger partial charge in [-0.25, -0.2) is 0 Å². The molecule has 0 amide bonds. The molecule has 0 fully saturated rings. The molecule has 1 heterocycles. The Morgan fingerprint density at radius 2 is 1.94 bits per heavy atom. The summed E-state index contributed by atoms with van der Waals surface area (Å²) in [6.45, 7) is 1.53. The minimum Gasteiger partial charge on any atom is -0.497 e. The standard InChI is InChI=1S/C13H15N3O/c1-17-13-6-4-11(5-7-13)9-14-10-12-3-2-8-15-16-12/h2-8,14H,9-10H2,1H3. The van der Waals surface area contributed by atoms with Crippen LogP contribution >= 0.6 is 0 Å². The van der Waals surface area contributed by atoms with Crippen LogP contribution in [0.25, 0.3) is 0 Å². The Balaban J connectivity index is 1.82. The summed E-state index contributed by atoms with van der Waals surface area (Å²) in [4.78, 5) is 0. The monoisotopic (exact) mass is 229 g/mol. The molecule has 2 rings (SSSR count). The molecule has 1 aromatic carbocycles. The molecule has 0 aliphatic rings. The van der Waals surface area contributed by atoms with E-state index in [-0.39, 0.29) is 0 Å². The predicted molar refractivity (Wildman–Crippen MR) is 65.6 cm³/mol. The van der Waals surface area contributed by atoms with Crippen molar-refractivity contribution in [1.29, 1.82) is 0 Å². The molecule has 1 N–H and O–H groups in total. The van der Waals surface area contributed by atoms with Gasteiger partial charge in [0.1, 0.15) is 5.75 Å². The highest BCUT2D eigenvalue weighted by atomic mass is 16.5. The fourth-order valence-corrected chi connectivity index (χ4v) is 1.51. The second-order valence-electron chi connectivity index (χ2n) is 3.67. The Labute approximate surface area is 101 Å². The van der Waals surface area contributed by atoms with Crippen LogP contribution in [0, 0.1) is 0 Å². The van der Waals surface area contributed by atoms with Crippen LogP contribution in [0.2, 0.25) is 0 Å². The van der Waals surface area contributed by atoms with Crippen molar-refractivity contribution in [3.05, 3.63) is 53.9 Å². The van der Waals surface area contributed by atoms with E-state index in [0.717, 1.165) is 24.5 Å². The second-order valence-corrected chi connectivity index (χ2v) is 3.67. The first-order valence-electron chi connectivity index (χ1n) is 5.49. The molecule has 4 nitrogen and oxygen atoms in total. The summed E-state index contributed by atoms with van der Waals surface area (Å²) in [6.07, 6.45) is 1.67. The SMILES string of the molecule is COc1ccc(CNCc2cccnn2)cc1. The Bertz CT molecular complexity index is 442. The highest BCUT2D eigenvalue weighted by molar-refractivity contribution is 5.27.